The highest BCUT2D eigenvalue weighted by Crippen LogP contribution is 2.15. The van der Waals surface area contributed by atoms with Gasteiger partial charge in [-0.15, -0.1) is 0 Å². The van der Waals surface area contributed by atoms with Crippen LogP contribution in [0.2, 0.25) is 5.02 Å². The van der Waals surface area contributed by atoms with Gasteiger partial charge in [-0.2, -0.15) is 0 Å². The van der Waals surface area contributed by atoms with Gasteiger partial charge in [0.2, 0.25) is 0 Å². The van der Waals surface area contributed by atoms with Gasteiger partial charge >= 0.3 is 0 Å². The fraction of sp³-hybridized carbons (Fsp3) is 0.538. The molecule has 0 fully saturated rings. The van der Waals surface area contributed by atoms with Gasteiger partial charge < -0.3 is 5.32 Å². The van der Waals surface area contributed by atoms with Gasteiger partial charge in [0.05, 0.1) is 5.75 Å². The van der Waals surface area contributed by atoms with Crippen molar-refractivity contribution in [2.75, 3.05) is 25.6 Å². The Kier molecular flexibility index (Phi) is 6.12. The lowest BCUT2D eigenvalue weighted by Gasteiger charge is -2.16. The van der Waals surface area contributed by atoms with E-state index in [1.807, 2.05) is 31.3 Å². The van der Waals surface area contributed by atoms with Crippen molar-refractivity contribution < 1.29 is 8.42 Å². The second-order valence-electron chi connectivity index (χ2n) is 4.67. The first-order chi connectivity index (χ1) is 8.40. The number of nitrogens with one attached hydrogen (secondary N) is 1. The molecular formula is C13H20ClNO2S. The van der Waals surface area contributed by atoms with Crippen LogP contribution in [-0.4, -0.2) is 34.0 Å². The van der Waals surface area contributed by atoms with Crippen LogP contribution in [0.1, 0.15) is 12.0 Å². The molecule has 0 aliphatic carbocycles. The van der Waals surface area contributed by atoms with Crippen LogP contribution in [0.25, 0.3) is 0 Å². The Hall–Kier alpha value is -0.580. The Morgan fingerprint density at radius 3 is 2.39 bits per heavy atom. The molecule has 0 spiro atoms. The summed E-state index contributed by atoms with van der Waals surface area (Å²) in [5.74, 6) is 0.568. The van der Waals surface area contributed by atoms with E-state index in [2.05, 4.69) is 5.32 Å². The molecule has 1 atom stereocenters. The Balaban J connectivity index is 2.59. The van der Waals surface area contributed by atoms with Crippen LogP contribution in [0.15, 0.2) is 24.3 Å². The third-order valence-corrected chi connectivity index (χ3v) is 4.06. The first-order valence-electron chi connectivity index (χ1n) is 5.97. The number of rotatable bonds is 7. The Morgan fingerprint density at radius 2 is 1.89 bits per heavy atom. The van der Waals surface area contributed by atoms with Gasteiger partial charge in [0.25, 0.3) is 0 Å². The zero-order valence-corrected chi connectivity index (χ0v) is 12.4. The van der Waals surface area contributed by atoms with Crippen molar-refractivity contribution in [3.63, 3.8) is 0 Å². The molecule has 1 rings (SSSR count). The van der Waals surface area contributed by atoms with Gasteiger partial charge in [-0.05, 0) is 50.0 Å². The van der Waals surface area contributed by atoms with Gasteiger partial charge in [0.15, 0.2) is 0 Å². The minimum absolute atomic E-state index is 0.243. The van der Waals surface area contributed by atoms with Crippen molar-refractivity contribution in [1.82, 2.24) is 5.32 Å². The number of hydrogen-bond acceptors (Lipinski definition) is 3. The summed E-state index contributed by atoms with van der Waals surface area (Å²) in [4.78, 5) is 0. The molecule has 1 aromatic rings. The molecule has 0 heterocycles. The smallest absolute Gasteiger partial charge is 0.147 e. The zero-order valence-electron chi connectivity index (χ0n) is 10.8. The highest BCUT2D eigenvalue weighted by atomic mass is 35.5. The molecule has 0 aliphatic rings. The van der Waals surface area contributed by atoms with Crippen LogP contribution in [0.3, 0.4) is 0 Å². The minimum atomic E-state index is -2.89. The van der Waals surface area contributed by atoms with E-state index in [-0.39, 0.29) is 5.75 Å². The number of sulfone groups is 1. The molecule has 0 radical (unpaired) electrons. The molecule has 102 valence electrons. The third kappa shape index (κ3) is 6.38. The van der Waals surface area contributed by atoms with Gasteiger partial charge in [0, 0.05) is 11.3 Å². The Bertz CT molecular complexity index is 456. The van der Waals surface area contributed by atoms with E-state index in [0.29, 0.717) is 12.3 Å². The normalized spacial score (nSPS) is 13.5. The first-order valence-corrected chi connectivity index (χ1v) is 8.41. The van der Waals surface area contributed by atoms with Crippen LogP contribution in [0.5, 0.6) is 0 Å². The molecule has 0 amide bonds. The van der Waals surface area contributed by atoms with Crippen LogP contribution in [0, 0.1) is 5.92 Å². The monoisotopic (exact) mass is 289 g/mol. The largest absolute Gasteiger partial charge is 0.319 e. The van der Waals surface area contributed by atoms with Crippen LogP contribution < -0.4 is 5.32 Å². The fourth-order valence-electron chi connectivity index (χ4n) is 1.90. The van der Waals surface area contributed by atoms with Gasteiger partial charge in [0.1, 0.15) is 9.84 Å². The minimum Gasteiger partial charge on any atom is -0.319 e. The topological polar surface area (TPSA) is 46.2 Å². The summed E-state index contributed by atoms with van der Waals surface area (Å²) in [6.07, 6.45) is 2.83. The van der Waals surface area contributed by atoms with E-state index < -0.39 is 9.84 Å². The predicted molar refractivity (Wildman–Crippen MR) is 76.9 cm³/mol. The van der Waals surface area contributed by atoms with Crippen molar-refractivity contribution in [3.8, 4) is 0 Å². The van der Waals surface area contributed by atoms with E-state index in [0.717, 1.165) is 18.0 Å². The summed E-state index contributed by atoms with van der Waals surface area (Å²) in [5, 5.41) is 3.84. The van der Waals surface area contributed by atoms with Crippen molar-refractivity contribution in [3.05, 3.63) is 34.9 Å². The van der Waals surface area contributed by atoms with Crippen molar-refractivity contribution >= 4 is 21.4 Å². The lowest BCUT2D eigenvalue weighted by molar-refractivity contribution is 0.478. The summed E-state index contributed by atoms with van der Waals surface area (Å²) in [6, 6.07) is 7.71. The fourth-order valence-corrected chi connectivity index (χ4v) is 2.79. The lowest BCUT2D eigenvalue weighted by Crippen LogP contribution is -2.23. The zero-order chi connectivity index (χ0) is 13.6. The number of benzene rings is 1. The number of halogens is 1. The van der Waals surface area contributed by atoms with E-state index in [9.17, 15) is 8.42 Å². The lowest BCUT2D eigenvalue weighted by atomic mass is 9.97. The summed E-state index contributed by atoms with van der Waals surface area (Å²) in [7, 11) is -1.00. The van der Waals surface area contributed by atoms with E-state index in [4.69, 9.17) is 11.6 Å². The number of hydrogen-bond donors (Lipinski definition) is 1. The van der Waals surface area contributed by atoms with E-state index >= 15 is 0 Å². The quantitative estimate of drug-likeness (QED) is 0.837. The van der Waals surface area contributed by atoms with Crippen LogP contribution in [-0.2, 0) is 16.3 Å². The van der Waals surface area contributed by atoms with Gasteiger partial charge in [-0.25, -0.2) is 8.42 Å². The van der Waals surface area contributed by atoms with E-state index in [1.54, 1.807) is 0 Å². The molecule has 1 unspecified atom stereocenters. The third-order valence-electron chi connectivity index (χ3n) is 2.83. The van der Waals surface area contributed by atoms with Crippen molar-refractivity contribution in [2.24, 2.45) is 5.92 Å². The van der Waals surface area contributed by atoms with Crippen LogP contribution in [0.4, 0.5) is 0 Å². The molecule has 1 aromatic carbocycles. The standard InChI is InChI=1S/C13H20ClNO2S/c1-15-10-12(7-8-18(2,16)17)9-11-3-5-13(14)6-4-11/h3-6,12,15H,7-10H2,1-2H3. The molecule has 0 aromatic heterocycles. The van der Waals surface area contributed by atoms with E-state index in [1.165, 1.54) is 11.8 Å². The Morgan fingerprint density at radius 1 is 1.28 bits per heavy atom. The SMILES string of the molecule is CNCC(CCS(C)(=O)=O)Cc1ccc(Cl)cc1. The Labute approximate surface area is 114 Å². The average molecular weight is 290 g/mol. The molecule has 0 aliphatic heterocycles. The second kappa shape index (κ2) is 7.12. The molecule has 3 nitrogen and oxygen atoms in total. The van der Waals surface area contributed by atoms with Gasteiger partial charge in [-0.1, -0.05) is 23.7 Å². The molecule has 5 heteroatoms. The predicted octanol–water partition coefficient (Wildman–Crippen LogP) is 2.15. The maximum absolute atomic E-state index is 11.2. The highest BCUT2D eigenvalue weighted by Gasteiger charge is 2.12. The maximum Gasteiger partial charge on any atom is 0.147 e. The van der Waals surface area contributed by atoms with Crippen molar-refractivity contribution in [2.45, 2.75) is 12.8 Å². The van der Waals surface area contributed by atoms with Gasteiger partial charge in [-0.3, -0.25) is 0 Å². The molecule has 1 N–H and O–H groups in total. The average Bonchev–Trinajstić information content (AvgIpc) is 2.28. The first kappa shape index (κ1) is 15.5. The molecule has 0 saturated heterocycles. The summed E-state index contributed by atoms with van der Waals surface area (Å²) < 4.78 is 22.4. The molecular weight excluding hydrogens is 270 g/mol. The molecule has 18 heavy (non-hydrogen) atoms. The second-order valence-corrected chi connectivity index (χ2v) is 7.37. The molecule has 0 saturated carbocycles. The summed E-state index contributed by atoms with van der Waals surface area (Å²) in [6.45, 7) is 0.818. The van der Waals surface area contributed by atoms with Crippen molar-refractivity contribution in [1.29, 1.82) is 0 Å². The van der Waals surface area contributed by atoms with Crippen LogP contribution >= 0.6 is 11.6 Å². The summed E-state index contributed by atoms with van der Waals surface area (Å²) in [5.41, 5.74) is 1.19. The highest BCUT2D eigenvalue weighted by molar-refractivity contribution is 7.90. The summed E-state index contributed by atoms with van der Waals surface area (Å²) >= 11 is 5.84. The molecule has 0 bridgehead atoms. The maximum atomic E-state index is 11.2.